The quantitative estimate of drug-likeness (QED) is 0.717. The lowest BCUT2D eigenvalue weighted by Crippen LogP contribution is -2.37. The van der Waals surface area contributed by atoms with Crippen LogP contribution in [0.1, 0.15) is 39.7 Å². The number of carbonyl (C=O) groups excluding carboxylic acids is 1. The Morgan fingerprint density at radius 1 is 1.24 bits per heavy atom. The number of anilines is 1. The van der Waals surface area contributed by atoms with Crippen molar-refractivity contribution in [2.24, 2.45) is 0 Å². The summed E-state index contributed by atoms with van der Waals surface area (Å²) in [6.45, 7) is 7.29. The van der Waals surface area contributed by atoms with Crippen molar-refractivity contribution in [3.63, 3.8) is 0 Å². The Hall–Kier alpha value is -1.84. The van der Waals surface area contributed by atoms with Crippen LogP contribution in [0.25, 0.3) is 0 Å². The van der Waals surface area contributed by atoms with Crippen molar-refractivity contribution >= 4 is 32.4 Å². The van der Waals surface area contributed by atoms with E-state index in [1.54, 1.807) is 0 Å². The van der Waals surface area contributed by atoms with E-state index in [0.717, 1.165) is 16.9 Å². The molecule has 0 saturated heterocycles. The fourth-order valence-corrected chi connectivity index (χ4v) is 4.85. The van der Waals surface area contributed by atoms with Gasteiger partial charge in [-0.1, -0.05) is 55.5 Å². The first-order chi connectivity index (χ1) is 11.6. The van der Waals surface area contributed by atoms with Gasteiger partial charge in [-0.3, -0.25) is 4.79 Å². The minimum atomic E-state index is -3.79. The summed E-state index contributed by atoms with van der Waals surface area (Å²) in [6, 6.07) is 9.66. The number of amides is 1. The lowest BCUT2D eigenvalue weighted by atomic mass is 9.79. The maximum atomic E-state index is 12.4. The van der Waals surface area contributed by atoms with Gasteiger partial charge in [0.05, 0.1) is 0 Å². The van der Waals surface area contributed by atoms with Crippen molar-refractivity contribution in [3.8, 4) is 0 Å². The molecule has 1 heterocycles. The number of aromatic nitrogens is 2. The molecule has 0 aliphatic carbocycles. The number of hydrogen-bond acceptors (Lipinski definition) is 6. The average molecular weight is 383 g/mol. The van der Waals surface area contributed by atoms with Crippen LogP contribution in [-0.4, -0.2) is 30.6 Å². The second kappa shape index (κ2) is 7.59. The van der Waals surface area contributed by atoms with Gasteiger partial charge in [-0.2, -0.15) is 0 Å². The Balaban J connectivity index is 2.07. The molecule has 0 spiro atoms. The van der Waals surface area contributed by atoms with E-state index < -0.39 is 10.0 Å². The molecule has 2 rings (SSSR count). The monoisotopic (exact) mass is 382 g/mol. The zero-order chi connectivity index (χ0) is 18.7. The molecule has 2 N–H and O–H groups in total. The first kappa shape index (κ1) is 19.5. The van der Waals surface area contributed by atoms with Gasteiger partial charge in [0.15, 0.2) is 0 Å². The van der Waals surface area contributed by atoms with Crippen molar-refractivity contribution in [3.05, 3.63) is 35.9 Å². The van der Waals surface area contributed by atoms with Gasteiger partial charge in [-0.25, -0.2) is 13.1 Å². The number of nitrogens with zero attached hydrogens (tertiary/aromatic N) is 2. The second-order valence-electron chi connectivity index (χ2n) is 6.53. The van der Waals surface area contributed by atoms with Gasteiger partial charge in [0.2, 0.25) is 15.4 Å². The van der Waals surface area contributed by atoms with E-state index >= 15 is 0 Å². The maximum absolute atomic E-state index is 12.4. The highest BCUT2D eigenvalue weighted by Gasteiger charge is 2.28. The number of sulfonamides is 1. The predicted octanol–water partition coefficient (Wildman–Crippen LogP) is 2.53. The largest absolute Gasteiger partial charge is 0.301 e. The van der Waals surface area contributed by atoms with Crippen molar-refractivity contribution in [2.45, 2.75) is 49.9 Å². The molecule has 0 radical (unpaired) electrons. The van der Waals surface area contributed by atoms with Crippen molar-refractivity contribution in [1.82, 2.24) is 14.9 Å². The Labute approximate surface area is 151 Å². The molecule has 0 saturated carbocycles. The van der Waals surface area contributed by atoms with Crippen LogP contribution < -0.4 is 10.0 Å². The maximum Gasteiger partial charge on any atom is 0.270 e. The number of nitrogens with one attached hydrogen (secondary N) is 2. The minimum absolute atomic E-state index is 0.158. The topological polar surface area (TPSA) is 101 Å². The van der Waals surface area contributed by atoms with Crippen LogP contribution in [0.4, 0.5) is 5.13 Å². The molecule has 136 valence electrons. The van der Waals surface area contributed by atoms with Crippen LogP contribution in [-0.2, 0) is 20.2 Å². The Bertz CT molecular complexity index is 832. The summed E-state index contributed by atoms with van der Waals surface area (Å²) in [5.74, 6) is -0.328. The molecule has 1 aromatic carbocycles. The fourth-order valence-electron chi connectivity index (χ4n) is 2.65. The smallest absolute Gasteiger partial charge is 0.270 e. The number of carbonyl (C=O) groups is 1. The molecule has 2 aromatic rings. The van der Waals surface area contributed by atoms with Crippen LogP contribution in [0.2, 0.25) is 0 Å². The molecule has 0 unspecified atom stereocenters. The third kappa shape index (κ3) is 5.32. The van der Waals surface area contributed by atoms with Crippen LogP contribution in [0, 0.1) is 0 Å². The van der Waals surface area contributed by atoms with Gasteiger partial charge < -0.3 is 5.32 Å². The predicted molar refractivity (Wildman–Crippen MR) is 98.1 cm³/mol. The van der Waals surface area contributed by atoms with E-state index in [9.17, 15) is 13.2 Å². The molecule has 1 aromatic heterocycles. The standard InChI is InChI=1S/C16H22N4O3S2/c1-11(10-16(3,4)13-8-6-5-7-9-13)20-25(22,23)15-19-18-14(24-15)17-12(2)21/h5-9,11,20H,10H2,1-4H3,(H,17,18,21)/t11-/m1/s1. The Morgan fingerprint density at radius 2 is 1.88 bits per heavy atom. The zero-order valence-electron chi connectivity index (χ0n) is 14.6. The third-order valence-corrected chi connectivity index (χ3v) is 6.44. The molecule has 0 bridgehead atoms. The molecular weight excluding hydrogens is 360 g/mol. The van der Waals surface area contributed by atoms with E-state index in [2.05, 4.69) is 34.1 Å². The Kier molecular flexibility index (Phi) is 5.91. The van der Waals surface area contributed by atoms with Gasteiger partial charge >= 0.3 is 0 Å². The average Bonchev–Trinajstić information content (AvgIpc) is 2.95. The van der Waals surface area contributed by atoms with E-state index in [0.29, 0.717) is 6.42 Å². The Morgan fingerprint density at radius 3 is 2.48 bits per heavy atom. The van der Waals surface area contributed by atoms with Crippen LogP contribution >= 0.6 is 11.3 Å². The molecule has 0 aliphatic rings. The van der Waals surface area contributed by atoms with Gasteiger partial charge in [-0.15, -0.1) is 10.2 Å². The molecule has 7 nitrogen and oxygen atoms in total. The fraction of sp³-hybridized carbons (Fsp3) is 0.438. The molecule has 0 aliphatic heterocycles. The zero-order valence-corrected chi connectivity index (χ0v) is 16.2. The van der Waals surface area contributed by atoms with E-state index in [1.165, 1.54) is 6.92 Å². The van der Waals surface area contributed by atoms with Crippen molar-refractivity contribution in [1.29, 1.82) is 0 Å². The molecule has 0 fully saturated rings. The highest BCUT2D eigenvalue weighted by Crippen LogP contribution is 2.29. The summed E-state index contributed by atoms with van der Waals surface area (Å²) >= 11 is 0.820. The van der Waals surface area contributed by atoms with E-state index in [1.807, 2.05) is 37.3 Å². The first-order valence-electron chi connectivity index (χ1n) is 7.79. The summed E-state index contributed by atoms with van der Waals surface area (Å²) in [6.07, 6.45) is 0.619. The highest BCUT2D eigenvalue weighted by atomic mass is 32.2. The van der Waals surface area contributed by atoms with Gasteiger partial charge in [0.1, 0.15) is 0 Å². The SMILES string of the molecule is CC(=O)Nc1nnc(S(=O)(=O)N[C@H](C)CC(C)(C)c2ccccc2)s1. The van der Waals surface area contributed by atoms with Crippen LogP contribution in [0.3, 0.4) is 0 Å². The molecule has 1 amide bonds. The number of rotatable bonds is 7. The van der Waals surface area contributed by atoms with Crippen LogP contribution in [0.15, 0.2) is 34.7 Å². The van der Waals surface area contributed by atoms with Gasteiger partial charge in [-0.05, 0) is 24.3 Å². The normalized spacial score (nSPS) is 13.4. The van der Waals surface area contributed by atoms with E-state index in [-0.39, 0.29) is 26.8 Å². The van der Waals surface area contributed by atoms with Crippen molar-refractivity contribution in [2.75, 3.05) is 5.32 Å². The summed E-state index contributed by atoms with van der Waals surface area (Å²) in [7, 11) is -3.79. The molecule has 9 heteroatoms. The summed E-state index contributed by atoms with van der Waals surface area (Å²) in [4.78, 5) is 11.0. The third-order valence-electron chi connectivity index (χ3n) is 3.65. The van der Waals surface area contributed by atoms with Gasteiger partial charge in [0, 0.05) is 13.0 Å². The van der Waals surface area contributed by atoms with Crippen LogP contribution in [0.5, 0.6) is 0 Å². The lowest BCUT2D eigenvalue weighted by Gasteiger charge is -2.28. The number of hydrogen-bond donors (Lipinski definition) is 2. The number of benzene rings is 1. The van der Waals surface area contributed by atoms with Crippen molar-refractivity contribution < 1.29 is 13.2 Å². The second-order valence-corrected chi connectivity index (χ2v) is 9.40. The van der Waals surface area contributed by atoms with Gasteiger partial charge in [0.25, 0.3) is 10.0 Å². The van der Waals surface area contributed by atoms with E-state index in [4.69, 9.17) is 0 Å². The minimum Gasteiger partial charge on any atom is -0.301 e. The highest BCUT2D eigenvalue weighted by molar-refractivity contribution is 7.91. The summed E-state index contributed by atoms with van der Waals surface area (Å²) in [5, 5.41) is 9.90. The molecular formula is C16H22N4O3S2. The summed E-state index contributed by atoms with van der Waals surface area (Å²) in [5.41, 5.74) is 0.955. The lowest BCUT2D eigenvalue weighted by molar-refractivity contribution is -0.114. The molecule has 1 atom stereocenters. The summed E-state index contributed by atoms with van der Waals surface area (Å²) < 4.78 is 27.4. The first-order valence-corrected chi connectivity index (χ1v) is 10.1. The molecule has 25 heavy (non-hydrogen) atoms.